The number of amides is 2. The number of carbonyl (C=O) groups is 2. The largest absolute Gasteiger partial charge is 0.361 e. The van der Waals surface area contributed by atoms with Crippen LogP contribution in [0, 0.1) is 6.92 Å². The summed E-state index contributed by atoms with van der Waals surface area (Å²) in [5, 5.41) is 6.43. The second-order valence-electron chi connectivity index (χ2n) is 6.31. The van der Waals surface area contributed by atoms with Crippen LogP contribution in [0.4, 0.5) is 0 Å². The topological polar surface area (TPSA) is 113 Å². The Labute approximate surface area is 157 Å². The van der Waals surface area contributed by atoms with E-state index in [-0.39, 0.29) is 48.5 Å². The summed E-state index contributed by atoms with van der Waals surface area (Å²) in [6.07, 6.45) is 0. The van der Waals surface area contributed by atoms with Gasteiger partial charge in [0.1, 0.15) is 11.5 Å². The summed E-state index contributed by atoms with van der Waals surface area (Å²) in [6, 6.07) is 7.54. The summed E-state index contributed by atoms with van der Waals surface area (Å²) in [4.78, 5) is 25.6. The van der Waals surface area contributed by atoms with Gasteiger partial charge in [-0.05, 0) is 25.1 Å². The van der Waals surface area contributed by atoms with E-state index in [0.29, 0.717) is 11.5 Å². The molecule has 27 heavy (non-hydrogen) atoms. The third-order valence-electron chi connectivity index (χ3n) is 4.14. The number of aryl methyl sites for hydroxylation is 1. The van der Waals surface area contributed by atoms with E-state index in [4.69, 9.17) is 4.52 Å². The predicted octanol–water partition coefficient (Wildman–Crippen LogP) is 0.376. The third kappa shape index (κ3) is 4.17. The molecule has 10 heteroatoms. The number of benzene rings is 1. The normalized spacial score (nSPS) is 15.4. The number of sulfonamides is 1. The highest BCUT2D eigenvalue weighted by Crippen LogP contribution is 2.19. The van der Waals surface area contributed by atoms with Crippen LogP contribution >= 0.6 is 0 Å². The Balaban J connectivity index is 1.80. The van der Waals surface area contributed by atoms with Crippen molar-refractivity contribution < 1.29 is 22.5 Å². The molecule has 1 aliphatic heterocycles. The molecule has 144 valence electrons. The molecule has 2 amide bonds. The van der Waals surface area contributed by atoms with Gasteiger partial charge < -0.3 is 14.7 Å². The molecule has 2 heterocycles. The zero-order valence-electron chi connectivity index (χ0n) is 15.0. The van der Waals surface area contributed by atoms with Crippen LogP contribution in [-0.4, -0.2) is 61.3 Å². The molecule has 2 aromatic rings. The van der Waals surface area contributed by atoms with Gasteiger partial charge in [0, 0.05) is 31.8 Å². The van der Waals surface area contributed by atoms with E-state index in [2.05, 4.69) is 10.5 Å². The molecule has 1 saturated heterocycles. The summed E-state index contributed by atoms with van der Waals surface area (Å²) >= 11 is 0. The van der Waals surface area contributed by atoms with Gasteiger partial charge in [-0.1, -0.05) is 11.2 Å². The minimum atomic E-state index is -3.86. The Kier molecular flexibility index (Phi) is 5.29. The molecule has 3 rings (SSSR count). The van der Waals surface area contributed by atoms with Crippen molar-refractivity contribution in [3.05, 3.63) is 47.3 Å². The Morgan fingerprint density at radius 2 is 2.15 bits per heavy atom. The highest BCUT2D eigenvalue weighted by molar-refractivity contribution is 7.89. The summed E-state index contributed by atoms with van der Waals surface area (Å²) in [6.45, 7) is 2.22. The maximum absolute atomic E-state index is 12.8. The number of carbonyl (C=O) groups excluding carboxylic acids is 2. The van der Waals surface area contributed by atoms with Crippen molar-refractivity contribution in [3.63, 3.8) is 0 Å². The number of hydrogen-bond acceptors (Lipinski definition) is 6. The number of hydrogen-bond donors (Lipinski definition) is 1. The van der Waals surface area contributed by atoms with Crippen LogP contribution in [0.25, 0.3) is 0 Å². The van der Waals surface area contributed by atoms with Crippen molar-refractivity contribution in [2.24, 2.45) is 0 Å². The predicted molar refractivity (Wildman–Crippen MR) is 95.2 cm³/mol. The van der Waals surface area contributed by atoms with E-state index in [1.165, 1.54) is 23.1 Å². The van der Waals surface area contributed by atoms with Gasteiger partial charge in [-0.15, -0.1) is 0 Å². The molecule has 1 fully saturated rings. The van der Waals surface area contributed by atoms with Crippen LogP contribution in [0.2, 0.25) is 0 Å². The van der Waals surface area contributed by atoms with E-state index in [1.54, 1.807) is 26.1 Å². The minimum Gasteiger partial charge on any atom is -0.361 e. The first-order valence-corrected chi connectivity index (χ1v) is 9.76. The first kappa shape index (κ1) is 19.1. The molecular weight excluding hydrogens is 372 g/mol. The van der Waals surface area contributed by atoms with E-state index in [9.17, 15) is 18.0 Å². The smallest absolute Gasteiger partial charge is 0.253 e. The summed E-state index contributed by atoms with van der Waals surface area (Å²) < 4.78 is 31.6. The minimum absolute atomic E-state index is 0.0197. The maximum atomic E-state index is 12.8. The molecule has 1 aromatic heterocycles. The number of nitrogens with one attached hydrogen (secondary N) is 1. The Bertz CT molecular complexity index is 969. The van der Waals surface area contributed by atoms with Crippen molar-refractivity contribution >= 4 is 21.8 Å². The lowest BCUT2D eigenvalue weighted by atomic mass is 10.2. The van der Waals surface area contributed by atoms with Crippen LogP contribution in [0.3, 0.4) is 0 Å². The number of rotatable bonds is 5. The number of piperazine rings is 1. The second-order valence-corrected chi connectivity index (χ2v) is 8.24. The maximum Gasteiger partial charge on any atom is 0.253 e. The molecule has 0 saturated carbocycles. The SMILES string of the molecule is Cc1cc(CN(C)C(=O)c2cccc(S(=O)(=O)N3CCNC(=O)C3)c2)no1. The molecule has 0 radical (unpaired) electrons. The Morgan fingerprint density at radius 1 is 1.37 bits per heavy atom. The second kappa shape index (κ2) is 7.49. The molecule has 1 aromatic carbocycles. The summed E-state index contributed by atoms with van der Waals surface area (Å²) in [5.41, 5.74) is 0.840. The lowest BCUT2D eigenvalue weighted by Gasteiger charge is -2.26. The van der Waals surface area contributed by atoms with Gasteiger partial charge in [0.05, 0.1) is 18.0 Å². The van der Waals surface area contributed by atoms with Crippen molar-refractivity contribution in [1.29, 1.82) is 0 Å². The van der Waals surface area contributed by atoms with E-state index < -0.39 is 10.0 Å². The van der Waals surface area contributed by atoms with Gasteiger partial charge in [0.15, 0.2) is 0 Å². The van der Waals surface area contributed by atoms with Crippen LogP contribution in [-0.2, 0) is 21.4 Å². The number of aromatic nitrogens is 1. The summed E-state index contributed by atoms with van der Waals surface area (Å²) in [5.74, 6) is -0.0479. The zero-order valence-corrected chi connectivity index (χ0v) is 15.8. The van der Waals surface area contributed by atoms with Crippen LogP contribution < -0.4 is 5.32 Å². The fourth-order valence-corrected chi connectivity index (χ4v) is 4.23. The van der Waals surface area contributed by atoms with Crippen LogP contribution in [0.5, 0.6) is 0 Å². The standard InChI is InChI=1S/C17H20N4O5S/c1-12-8-14(19-26-12)10-20(2)17(23)13-4-3-5-15(9-13)27(24,25)21-7-6-18-16(22)11-21/h3-5,8-9H,6-7,10-11H2,1-2H3,(H,18,22). The summed E-state index contributed by atoms with van der Waals surface area (Å²) in [7, 11) is -2.26. The highest BCUT2D eigenvalue weighted by Gasteiger charge is 2.29. The van der Waals surface area contributed by atoms with E-state index in [0.717, 1.165) is 4.31 Å². The first-order chi connectivity index (χ1) is 12.8. The Morgan fingerprint density at radius 3 is 2.81 bits per heavy atom. The van der Waals surface area contributed by atoms with Gasteiger partial charge >= 0.3 is 0 Å². The fourth-order valence-electron chi connectivity index (χ4n) is 2.79. The van der Waals surface area contributed by atoms with Gasteiger partial charge in [-0.3, -0.25) is 9.59 Å². The van der Waals surface area contributed by atoms with Gasteiger partial charge in [0.25, 0.3) is 5.91 Å². The molecule has 0 atom stereocenters. The lowest BCUT2D eigenvalue weighted by molar-refractivity contribution is -0.122. The average Bonchev–Trinajstić information content (AvgIpc) is 3.06. The van der Waals surface area contributed by atoms with Crippen LogP contribution in [0.15, 0.2) is 39.8 Å². The molecule has 9 nitrogen and oxygen atoms in total. The van der Waals surface area contributed by atoms with Crippen molar-refractivity contribution in [2.45, 2.75) is 18.4 Å². The molecule has 0 bridgehead atoms. The lowest BCUT2D eigenvalue weighted by Crippen LogP contribution is -2.49. The molecule has 1 aliphatic rings. The fraction of sp³-hybridized carbons (Fsp3) is 0.353. The monoisotopic (exact) mass is 392 g/mol. The molecule has 0 spiro atoms. The van der Waals surface area contributed by atoms with Crippen molar-refractivity contribution in [1.82, 2.24) is 19.7 Å². The zero-order chi connectivity index (χ0) is 19.6. The van der Waals surface area contributed by atoms with Gasteiger partial charge in [-0.2, -0.15) is 4.31 Å². The quantitative estimate of drug-likeness (QED) is 0.787. The van der Waals surface area contributed by atoms with Gasteiger partial charge in [0.2, 0.25) is 15.9 Å². The third-order valence-corrected chi connectivity index (χ3v) is 5.99. The highest BCUT2D eigenvalue weighted by atomic mass is 32.2. The molecule has 0 unspecified atom stereocenters. The van der Waals surface area contributed by atoms with E-state index >= 15 is 0 Å². The van der Waals surface area contributed by atoms with Crippen molar-refractivity contribution in [3.8, 4) is 0 Å². The van der Waals surface area contributed by atoms with E-state index in [1.807, 2.05) is 0 Å². The first-order valence-electron chi connectivity index (χ1n) is 8.32. The number of nitrogens with zero attached hydrogens (tertiary/aromatic N) is 3. The van der Waals surface area contributed by atoms with Crippen molar-refractivity contribution in [2.75, 3.05) is 26.7 Å². The molecular formula is C17H20N4O5S. The molecule has 1 N–H and O–H groups in total. The Hall–Kier alpha value is -2.72. The van der Waals surface area contributed by atoms with Crippen LogP contribution in [0.1, 0.15) is 21.8 Å². The average molecular weight is 392 g/mol. The molecule has 0 aliphatic carbocycles. The van der Waals surface area contributed by atoms with Gasteiger partial charge in [-0.25, -0.2) is 8.42 Å².